The molecule has 0 unspecified atom stereocenters. The van der Waals surface area contributed by atoms with Gasteiger partial charge in [-0.1, -0.05) is 6.07 Å². The van der Waals surface area contributed by atoms with Gasteiger partial charge in [0.05, 0.1) is 17.9 Å². The number of nitrogens with two attached hydrogens (primary N) is 1. The normalized spacial score (nSPS) is 15.0. The summed E-state index contributed by atoms with van der Waals surface area (Å²) in [5, 5.41) is 0. The Hall–Kier alpha value is -1.71. The highest BCUT2D eigenvalue weighted by atomic mass is 16.5. The molecular weight excluding hydrogens is 228 g/mol. The number of carbonyl (C=O) groups excluding carboxylic acids is 1. The highest BCUT2D eigenvalue weighted by Gasteiger charge is 2.28. The Morgan fingerprint density at radius 2 is 2.22 bits per heavy atom. The maximum atomic E-state index is 12.4. The quantitative estimate of drug-likeness (QED) is 0.832. The third-order valence-electron chi connectivity index (χ3n) is 3.51. The van der Waals surface area contributed by atoms with Crippen LogP contribution in [-0.2, 0) is 0 Å². The molecule has 0 heterocycles. The molecule has 18 heavy (non-hydrogen) atoms. The van der Waals surface area contributed by atoms with Crippen LogP contribution in [0, 0.1) is 0 Å². The number of rotatable bonds is 4. The fourth-order valence-electron chi connectivity index (χ4n) is 2.16. The predicted octanol–water partition coefficient (Wildman–Crippen LogP) is 2.29. The highest BCUT2D eigenvalue weighted by molar-refractivity contribution is 5.98. The highest BCUT2D eigenvalue weighted by Crippen LogP contribution is 2.30. The van der Waals surface area contributed by atoms with Crippen LogP contribution in [0.2, 0.25) is 0 Å². The second-order valence-corrected chi connectivity index (χ2v) is 4.66. The third kappa shape index (κ3) is 2.28. The zero-order valence-corrected chi connectivity index (χ0v) is 11.0. The number of hydrogen-bond donors (Lipinski definition) is 1. The van der Waals surface area contributed by atoms with Gasteiger partial charge >= 0.3 is 0 Å². The molecule has 2 N–H and O–H groups in total. The number of anilines is 1. The van der Waals surface area contributed by atoms with Gasteiger partial charge in [0.15, 0.2) is 5.75 Å². The van der Waals surface area contributed by atoms with Gasteiger partial charge in [-0.15, -0.1) is 0 Å². The van der Waals surface area contributed by atoms with Crippen molar-refractivity contribution in [1.82, 2.24) is 4.90 Å². The Morgan fingerprint density at radius 3 is 2.78 bits per heavy atom. The summed E-state index contributed by atoms with van der Waals surface area (Å²) in [5.74, 6) is 0.506. The van der Waals surface area contributed by atoms with E-state index in [1.165, 1.54) is 6.42 Å². The molecule has 1 aromatic carbocycles. The molecule has 0 aliphatic heterocycles. The molecule has 2 rings (SSSR count). The number of ether oxygens (including phenoxy) is 1. The summed E-state index contributed by atoms with van der Waals surface area (Å²) in [7, 11) is 1.85. The average Bonchev–Trinajstić information content (AvgIpc) is 2.29. The Bertz CT molecular complexity index is 441. The summed E-state index contributed by atoms with van der Waals surface area (Å²) in [4.78, 5) is 14.2. The molecule has 0 saturated heterocycles. The largest absolute Gasteiger partial charge is 0.491 e. The summed E-state index contributed by atoms with van der Waals surface area (Å²) in [6, 6.07) is 5.69. The molecular formula is C14H20N2O2. The lowest BCUT2D eigenvalue weighted by molar-refractivity contribution is 0.0648. The first-order chi connectivity index (χ1) is 8.65. The van der Waals surface area contributed by atoms with Crippen LogP contribution in [-0.4, -0.2) is 30.5 Å². The first-order valence-electron chi connectivity index (χ1n) is 6.43. The summed E-state index contributed by atoms with van der Waals surface area (Å²) in [6.07, 6.45) is 3.39. The first-order valence-corrected chi connectivity index (χ1v) is 6.43. The molecule has 1 aliphatic rings. The zero-order chi connectivity index (χ0) is 13.1. The third-order valence-corrected chi connectivity index (χ3v) is 3.51. The zero-order valence-electron chi connectivity index (χ0n) is 11.0. The monoisotopic (exact) mass is 248 g/mol. The van der Waals surface area contributed by atoms with Crippen molar-refractivity contribution in [3.63, 3.8) is 0 Å². The SMILES string of the molecule is CCOc1c(N)cccc1C(=O)N(C)C1CCC1. The van der Waals surface area contributed by atoms with E-state index in [-0.39, 0.29) is 5.91 Å². The number of carbonyl (C=O) groups is 1. The van der Waals surface area contributed by atoms with E-state index >= 15 is 0 Å². The van der Waals surface area contributed by atoms with Crippen molar-refractivity contribution in [3.05, 3.63) is 23.8 Å². The topological polar surface area (TPSA) is 55.6 Å². The smallest absolute Gasteiger partial charge is 0.257 e. The van der Waals surface area contributed by atoms with E-state index in [1.807, 2.05) is 14.0 Å². The molecule has 1 aliphatic carbocycles. The Balaban J connectivity index is 2.25. The van der Waals surface area contributed by atoms with Crippen molar-refractivity contribution in [2.75, 3.05) is 19.4 Å². The van der Waals surface area contributed by atoms with E-state index < -0.39 is 0 Å². The van der Waals surface area contributed by atoms with E-state index in [9.17, 15) is 4.79 Å². The van der Waals surface area contributed by atoms with Gasteiger partial charge in [-0.3, -0.25) is 4.79 Å². The summed E-state index contributed by atoms with van der Waals surface area (Å²) in [5.41, 5.74) is 6.95. The van der Waals surface area contributed by atoms with Crippen LogP contribution in [0.3, 0.4) is 0 Å². The van der Waals surface area contributed by atoms with Crippen molar-refractivity contribution < 1.29 is 9.53 Å². The molecule has 1 saturated carbocycles. The van der Waals surface area contributed by atoms with Gasteiger partial charge < -0.3 is 15.4 Å². The van der Waals surface area contributed by atoms with Crippen LogP contribution in [0.4, 0.5) is 5.69 Å². The molecule has 98 valence electrons. The lowest BCUT2D eigenvalue weighted by Crippen LogP contribution is -2.41. The molecule has 0 spiro atoms. The van der Waals surface area contributed by atoms with Crippen LogP contribution >= 0.6 is 0 Å². The van der Waals surface area contributed by atoms with Gasteiger partial charge in [0.2, 0.25) is 0 Å². The minimum Gasteiger partial charge on any atom is -0.491 e. The van der Waals surface area contributed by atoms with Crippen molar-refractivity contribution in [1.29, 1.82) is 0 Å². The number of para-hydroxylation sites is 1. The molecule has 1 amide bonds. The molecule has 4 heteroatoms. The average molecular weight is 248 g/mol. The van der Waals surface area contributed by atoms with E-state index in [2.05, 4.69) is 0 Å². The fourth-order valence-corrected chi connectivity index (χ4v) is 2.16. The molecule has 0 bridgehead atoms. The van der Waals surface area contributed by atoms with Crippen molar-refractivity contribution >= 4 is 11.6 Å². The van der Waals surface area contributed by atoms with Crippen molar-refractivity contribution in [2.24, 2.45) is 0 Å². The van der Waals surface area contributed by atoms with Crippen LogP contribution in [0.1, 0.15) is 36.5 Å². The Kier molecular flexibility index (Phi) is 3.75. The van der Waals surface area contributed by atoms with Gasteiger partial charge in [-0.2, -0.15) is 0 Å². The van der Waals surface area contributed by atoms with Crippen molar-refractivity contribution in [2.45, 2.75) is 32.2 Å². The lowest BCUT2D eigenvalue weighted by Gasteiger charge is -2.35. The Labute approximate surface area is 108 Å². The van der Waals surface area contributed by atoms with Gasteiger partial charge in [-0.05, 0) is 38.3 Å². The maximum absolute atomic E-state index is 12.4. The number of amides is 1. The summed E-state index contributed by atoms with van der Waals surface area (Å²) in [6.45, 7) is 2.39. The first kappa shape index (κ1) is 12.7. The molecule has 1 fully saturated rings. The maximum Gasteiger partial charge on any atom is 0.257 e. The van der Waals surface area contributed by atoms with Crippen LogP contribution in [0.15, 0.2) is 18.2 Å². The van der Waals surface area contributed by atoms with Crippen LogP contribution < -0.4 is 10.5 Å². The summed E-state index contributed by atoms with van der Waals surface area (Å²) >= 11 is 0. The minimum atomic E-state index is -0.00421. The van der Waals surface area contributed by atoms with Gasteiger partial charge in [0, 0.05) is 13.1 Å². The number of nitrogens with zero attached hydrogens (tertiary/aromatic N) is 1. The Morgan fingerprint density at radius 1 is 1.50 bits per heavy atom. The standard InChI is InChI=1S/C14H20N2O2/c1-3-18-13-11(8-5-9-12(13)15)14(17)16(2)10-6-4-7-10/h5,8-10H,3-4,6-7,15H2,1-2H3. The predicted molar refractivity (Wildman–Crippen MR) is 71.8 cm³/mol. The van der Waals surface area contributed by atoms with E-state index in [0.717, 1.165) is 12.8 Å². The number of hydrogen-bond acceptors (Lipinski definition) is 3. The van der Waals surface area contributed by atoms with Crippen LogP contribution in [0.5, 0.6) is 5.75 Å². The number of nitrogen functional groups attached to an aromatic ring is 1. The van der Waals surface area contributed by atoms with Gasteiger partial charge in [0.25, 0.3) is 5.91 Å². The molecule has 0 atom stereocenters. The molecule has 1 aromatic rings. The van der Waals surface area contributed by atoms with Crippen molar-refractivity contribution in [3.8, 4) is 5.75 Å². The molecule has 4 nitrogen and oxygen atoms in total. The molecule has 0 radical (unpaired) electrons. The van der Waals surface area contributed by atoms with E-state index in [0.29, 0.717) is 29.6 Å². The fraction of sp³-hybridized carbons (Fsp3) is 0.500. The number of benzene rings is 1. The van der Waals surface area contributed by atoms with E-state index in [4.69, 9.17) is 10.5 Å². The van der Waals surface area contributed by atoms with Gasteiger partial charge in [0.1, 0.15) is 0 Å². The lowest BCUT2D eigenvalue weighted by atomic mass is 9.91. The van der Waals surface area contributed by atoms with Gasteiger partial charge in [-0.25, -0.2) is 0 Å². The van der Waals surface area contributed by atoms with E-state index in [1.54, 1.807) is 23.1 Å². The second-order valence-electron chi connectivity index (χ2n) is 4.66. The molecule has 0 aromatic heterocycles. The summed E-state index contributed by atoms with van der Waals surface area (Å²) < 4.78 is 5.50. The second kappa shape index (κ2) is 5.29. The van der Waals surface area contributed by atoms with Crippen LogP contribution in [0.25, 0.3) is 0 Å². The minimum absolute atomic E-state index is 0.00421.